The maximum absolute atomic E-state index is 11.3. The molecule has 1 aliphatic heterocycles. The molecule has 1 aliphatic rings. The molecule has 6 nitrogen and oxygen atoms in total. The maximum atomic E-state index is 11.3. The molecule has 0 fully saturated rings. The molecule has 1 unspecified atom stereocenters. The Bertz CT molecular complexity index is 511. The average Bonchev–Trinajstić information content (AvgIpc) is 2.75. The number of methoxy groups -OCH3 is 2. The van der Waals surface area contributed by atoms with E-state index in [1.165, 1.54) is 20.3 Å². The second kappa shape index (κ2) is 4.66. The smallest absolute Gasteiger partial charge is 0.339 e. The molecule has 6 heteroatoms. The summed E-state index contributed by atoms with van der Waals surface area (Å²) in [5.41, 5.74) is 1.62. The van der Waals surface area contributed by atoms with E-state index < -0.39 is 12.1 Å². The fraction of sp³-hybridized carbons (Fsp3) is 0.333. The molecule has 0 aliphatic carbocycles. The second-order valence-electron chi connectivity index (χ2n) is 3.91. The minimum atomic E-state index is -1.38. The molecule has 1 heterocycles. The summed E-state index contributed by atoms with van der Waals surface area (Å²) in [7, 11) is 2.65. The third-order valence-corrected chi connectivity index (χ3v) is 2.78. The van der Waals surface area contributed by atoms with Gasteiger partial charge in [0, 0.05) is 0 Å². The predicted octanol–water partition coefficient (Wildman–Crippen LogP) is 0.396. The molecular weight excluding hydrogens is 238 g/mol. The number of hydrogen-bond donors (Lipinski definition) is 2. The maximum Gasteiger partial charge on any atom is 0.339 e. The van der Waals surface area contributed by atoms with Gasteiger partial charge in [0.1, 0.15) is 5.75 Å². The summed E-state index contributed by atoms with van der Waals surface area (Å²) in [5, 5.41) is 12.4. The van der Waals surface area contributed by atoms with Crippen molar-refractivity contribution in [3.8, 4) is 5.75 Å². The fourth-order valence-corrected chi connectivity index (χ4v) is 1.90. The van der Waals surface area contributed by atoms with Gasteiger partial charge in [-0.15, -0.1) is 0 Å². The summed E-state index contributed by atoms with van der Waals surface area (Å²) >= 11 is 0. The lowest BCUT2D eigenvalue weighted by molar-refractivity contribution is -0.150. The van der Waals surface area contributed by atoms with Crippen molar-refractivity contribution in [1.82, 2.24) is 0 Å². The van der Waals surface area contributed by atoms with Crippen LogP contribution in [0.5, 0.6) is 5.75 Å². The Labute approximate surface area is 104 Å². The molecule has 2 rings (SSSR count). The number of carbonyl (C=O) groups excluding carboxylic acids is 2. The molecule has 1 amide bonds. The molecule has 0 saturated carbocycles. The summed E-state index contributed by atoms with van der Waals surface area (Å²) in [4.78, 5) is 22.6. The Kier molecular flexibility index (Phi) is 3.20. The number of aliphatic hydroxyl groups is 1. The number of ether oxygens (including phenoxy) is 2. The lowest BCUT2D eigenvalue weighted by Crippen LogP contribution is -2.13. The van der Waals surface area contributed by atoms with Crippen LogP contribution in [0.15, 0.2) is 12.1 Å². The normalized spacial score (nSPS) is 14.7. The minimum absolute atomic E-state index is 0.145. The highest BCUT2D eigenvalue weighted by molar-refractivity contribution is 6.01. The van der Waals surface area contributed by atoms with Crippen molar-refractivity contribution in [1.29, 1.82) is 0 Å². The number of aliphatic hydroxyl groups excluding tert-OH is 1. The number of fused-ring (bicyclic) bond motifs is 1. The van der Waals surface area contributed by atoms with E-state index in [1.54, 1.807) is 6.07 Å². The predicted molar refractivity (Wildman–Crippen MR) is 62.3 cm³/mol. The van der Waals surface area contributed by atoms with Gasteiger partial charge in [-0.1, -0.05) is 0 Å². The van der Waals surface area contributed by atoms with Crippen molar-refractivity contribution in [3.05, 3.63) is 23.3 Å². The minimum Gasteiger partial charge on any atom is -0.495 e. The average molecular weight is 251 g/mol. The molecule has 0 aromatic heterocycles. The number of benzene rings is 1. The van der Waals surface area contributed by atoms with Gasteiger partial charge in [0.15, 0.2) is 6.10 Å². The lowest BCUT2D eigenvalue weighted by Gasteiger charge is -2.13. The van der Waals surface area contributed by atoms with Crippen molar-refractivity contribution < 1.29 is 24.2 Å². The largest absolute Gasteiger partial charge is 0.495 e. The number of anilines is 1. The van der Waals surface area contributed by atoms with Crippen LogP contribution in [0, 0.1) is 0 Å². The van der Waals surface area contributed by atoms with Crippen LogP contribution in [-0.4, -0.2) is 31.2 Å². The molecule has 0 radical (unpaired) electrons. The summed E-state index contributed by atoms with van der Waals surface area (Å²) in [6.45, 7) is 0. The standard InChI is InChI=1S/C12H13NO5/c1-17-8-4-7(11(15)12(16)18-2)3-6-5-9(14)13-10(6)8/h3-4,11,15H,5H2,1-2H3,(H,13,14). The Balaban J connectivity index is 2.43. The van der Waals surface area contributed by atoms with Gasteiger partial charge in [-0.25, -0.2) is 4.79 Å². The molecule has 0 spiro atoms. The van der Waals surface area contributed by atoms with E-state index in [4.69, 9.17) is 4.74 Å². The van der Waals surface area contributed by atoms with E-state index in [9.17, 15) is 14.7 Å². The zero-order chi connectivity index (χ0) is 13.3. The molecule has 1 aromatic carbocycles. The van der Waals surface area contributed by atoms with Crippen LogP contribution in [0.4, 0.5) is 5.69 Å². The Morgan fingerprint density at radius 3 is 2.78 bits per heavy atom. The summed E-state index contributed by atoms with van der Waals surface area (Å²) in [5.74, 6) is -0.487. The third kappa shape index (κ3) is 2.02. The first-order chi connectivity index (χ1) is 8.56. The first kappa shape index (κ1) is 12.4. The fourth-order valence-electron chi connectivity index (χ4n) is 1.90. The van der Waals surface area contributed by atoms with Gasteiger partial charge in [0.05, 0.1) is 26.3 Å². The Morgan fingerprint density at radius 1 is 1.44 bits per heavy atom. The molecule has 1 aromatic rings. The third-order valence-electron chi connectivity index (χ3n) is 2.78. The molecule has 96 valence electrons. The molecule has 1 atom stereocenters. The van der Waals surface area contributed by atoms with Gasteiger partial charge in [-0.05, 0) is 23.3 Å². The van der Waals surface area contributed by atoms with Crippen molar-refractivity contribution in [2.45, 2.75) is 12.5 Å². The van der Waals surface area contributed by atoms with Crippen LogP contribution in [0.2, 0.25) is 0 Å². The van der Waals surface area contributed by atoms with Gasteiger partial charge in [0.25, 0.3) is 0 Å². The quantitative estimate of drug-likeness (QED) is 0.759. The Hall–Kier alpha value is -2.08. The van der Waals surface area contributed by atoms with Gasteiger partial charge in [0.2, 0.25) is 5.91 Å². The van der Waals surface area contributed by atoms with Crippen molar-refractivity contribution in [2.75, 3.05) is 19.5 Å². The van der Waals surface area contributed by atoms with E-state index in [-0.39, 0.29) is 12.3 Å². The zero-order valence-electron chi connectivity index (χ0n) is 10.0. The number of hydrogen-bond acceptors (Lipinski definition) is 5. The van der Waals surface area contributed by atoms with Gasteiger partial charge in [-0.2, -0.15) is 0 Å². The highest BCUT2D eigenvalue weighted by Gasteiger charge is 2.26. The summed E-state index contributed by atoms with van der Waals surface area (Å²) in [6, 6.07) is 3.10. The zero-order valence-corrected chi connectivity index (χ0v) is 10.0. The van der Waals surface area contributed by atoms with E-state index in [2.05, 4.69) is 10.1 Å². The lowest BCUT2D eigenvalue weighted by atomic mass is 10.0. The molecular formula is C12H13NO5. The Morgan fingerprint density at radius 2 is 2.17 bits per heavy atom. The SMILES string of the molecule is COC(=O)C(O)c1cc2c(c(OC)c1)NC(=O)C2. The van der Waals surface area contributed by atoms with Crippen LogP contribution < -0.4 is 10.1 Å². The van der Waals surface area contributed by atoms with Crippen LogP contribution in [0.25, 0.3) is 0 Å². The number of esters is 1. The van der Waals surface area contributed by atoms with E-state index in [1.807, 2.05) is 0 Å². The molecule has 18 heavy (non-hydrogen) atoms. The summed E-state index contributed by atoms with van der Waals surface area (Å²) < 4.78 is 9.60. The number of carbonyl (C=O) groups is 2. The van der Waals surface area contributed by atoms with Crippen molar-refractivity contribution in [3.63, 3.8) is 0 Å². The second-order valence-corrected chi connectivity index (χ2v) is 3.91. The highest BCUT2D eigenvalue weighted by Crippen LogP contribution is 2.36. The van der Waals surface area contributed by atoms with E-state index >= 15 is 0 Å². The van der Waals surface area contributed by atoms with Crippen LogP contribution in [0.1, 0.15) is 17.2 Å². The van der Waals surface area contributed by atoms with Crippen molar-refractivity contribution in [2.24, 2.45) is 0 Å². The monoisotopic (exact) mass is 251 g/mol. The molecule has 0 saturated heterocycles. The number of rotatable bonds is 3. The first-order valence-electron chi connectivity index (χ1n) is 5.33. The molecule has 0 bridgehead atoms. The van der Waals surface area contributed by atoms with E-state index in [0.717, 1.165) is 0 Å². The van der Waals surface area contributed by atoms with Crippen LogP contribution in [0.3, 0.4) is 0 Å². The summed E-state index contributed by atoms with van der Waals surface area (Å²) in [6.07, 6.45) is -1.18. The number of amides is 1. The van der Waals surface area contributed by atoms with Gasteiger partial charge < -0.3 is 19.9 Å². The molecule has 2 N–H and O–H groups in total. The van der Waals surface area contributed by atoms with Crippen LogP contribution in [-0.2, 0) is 20.7 Å². The van der Waals surface area contributed by atoms with Gasteiger partial charge in [-0.3, -0.25) is 4.79 Å². The van der Waals surface area contributed by atoms with E-state index in [0.29, 0.717) is 22.6 Å². The van der Waals surface area contributed by atoms with Crippen molar-refractivity contribution >= 4 is 17.6 Å². The van der Waals surface area contributed by atoms with Crippen LogP contribution >= 0.6 is 0 Å². The highest BCUT2D eigenvalue weighted by atomic mass is 16.5. The number of nitrogens with one attached hydrogen (secondary N) is 1. The first-order valence-corrected chi connectivity index (χ1v) is 5.33. The topological polar surface area (TPSA) is 84.9 Å². The van der Waals surface area contributed by atoms with Gasteiger partial charge >= 0.3 is 5.97 Å².